The molecule has 0 aliphatic carbocycles. The number of piperidine rings is 1. The lowest BCUT2D eigenvalue weighted by molar-refractivity contribution is 0.462. The summed E-state index contributed by atoms with van der Waals surface area (Å²) in [5.74, 6) is -0.331. The lowest BCUT2D eigenvalue weighted by Gasteiger charge is -2.33. The number of halogens is 2. The summed E-state index contributed by atoms with van der Waals surface area (Å²) in [6, 6.07) is 8.53. The van der Waals surface area contributed by atoms with Gasteiger partial charge in [0, 0.05) is 38.3 Å². The van der Waals surface area contributed by atoms with Crippen LogP contribution in [-0.2, 0) is 6.42 Å². The third kappa shape index (κ3) is 4.72. The molecule has 2 aromatic rings. The van der Waals surface area contributed by atoms with E-state index in [4.69, 9.17) is 0 Å². The zero-order chi connectivity index (χ0) is 18.4. The first-order chi connectivity index (χ1) is 12.7. The first kappa shape index (κ1) is 18.6. The van der Waals surface area contributed by atoms with Crippen LogP contribution in [0.25, 0.3) is 0 Å². The van der Waals surface area contributed by atoms with E-state index in [1.165, 1.54) is 23.2 Å². The van der Waals surface area contributed by atoms with E-state index in [1.54, 1.807) is 18.4 Å². The summed E-state index contributed by atoms with van der Waals surface area (Å²) in [5.41, 5.74) is 0.111. The quantitative estimate of drug-likeness (QED) is 0.619. The Kier molecular flexibility index (Phi) is 6.44. The number of thiophene rings is 1. The summed E-state index contributed by atoms with van der Waals surface area (Å²) >= 11 is 1.77. The average Bonchev–Trinajstić information content (AvgIpc) is 3.18. The van der Waals surface area contributed by atoms with Gasteiger partial charge in [0.05, 0.1) is 5.00 Å². The molecule has 1 aromatic carbocycles. The van der Waals surface area contributed by atoms with Gasteiger partial charge in [-0.2, -0.15) is 0 Å². The molecule has 0 saturated carbocycles. The molecule has 1 saturated heterocycles. The molecule has 1 aromatic heterocycles. The van der Waals surface area contributed by atoms with Crippen molar-refractivity contribution in [3.63, 3.8) is 0 Å². The molecule has 140 valence electrons. The second kappa shape index (κ2) is 8.98. The molecule has 0 radical (unpaired) electrons. The zero-order valence-electron chi connectivity index (χ0n) is 14.8. The first-order valence-corrected chi connectivity index (χ1v) is 9.74. The third-order valence-corrected chi connectivity index (χ3v) is 5.54. The maximum absolute atomic E-state index is 13.7. The minimum Gasteiger partial charge on any atom is -0.363 e. The van der Waals surface area contributed by atoms with Gasteiger partial charge >= 0.3 is 0 Å². The monoisotopic (exact) mass is 378 g/mol. The summed E-state index contributed by atoms with van der Waals surface area (Å²) in [5, 5.41) is 9.99. The number of hydrogen-bond acceptors (Lipinski definition) is 3. The normalized spacial score (nSPS) is 16.0. The number of anilines is 1. The summed E-state index contributed by atoms with van der Waals surface area (Å²) in [7, 11) is 1.71. The Morgan fingerprint density at radius 3 is 2.54 bits per heavy atom. The van der Waals surface area contributed by atoms with Gasteiger partial charge in [-0.3, -0.25) is 4.99 Å². The molecule has 1 aliphatic rings. The second-order valence-electron chi connectivity index (χ2n) is 6.31. The molecule has 7 heteroatoms. The van der Waals surface area contributed by atoms with Crippen LogP contribution in [-0.4, -0.2) is 38.7 Å². The zero-order valence-corrected chi connectivity index (χ0v) is 15.7. The van der Waals surface area contributed by atoms with Gasteiger partial charge in [-0.25, -0.2) is 8.78 Å². The Labute approximate surface area is 156 Å². The highest BCUT2D eigenvalue weighted by atomic mass is 32.1. The van der Waals surface area contributed by atoms with E-state index in [0.29, 0.717) is 18.5 Å². The lowest BCUT2D eigenvalue weighted by Crippen LogP contribution is -2.49. The average molecular weight is 378 g/mol. The summed E-state index contributed by atoms with van der Waals surface area (Å²) in [6.07, 6.45) is 2.33. The maximum Gasteiger partial charge on any atom is 0.191 e. The fraction of sp³-hybridized carbons (Fsp3) is 0.421. The van der Waals surface area contributed by atoms with E-state index < -0.39 is 11.6 Å². The van der Waals surface area contributed by atoms with Gasteiger partial charge in [-0.1, -0.05) is 6.07 Å². The van der Waals surface area contributed by atoms with Crippen molar-refractivity contribution in [2.24, 2.45) is 4.99 Å². The van der Waals surface area contributed by atoms with Gasteiger partial charge in [-0.05, 0) is 48.9 Å². The fourth-order valence-electron chi connectivity index (χ4n) is 3.16. The van der Waals surface area contributed by atoms with Crippen LogP contribution in [0.1, 0.15) is 18.4 Å². The van der Waals surface area contributed by atoms with Gasteiger partial charge in [-0.15, -0.1) is 11.3 Å². The van der Waals surface area contributed by atoms with Crippen LogP contribution in [0, 0.1) is 11.6 Å². The largest absolute Gasteiger partial charge is 0.363 e. The number of aliphatic imine (C=N–C) groups is 1. The van der Waals surface area contributed by atoms with Crippen molar-refractivity contribution in [3.05, 3.63) is 52.9 Å². The van der Waals surface area contributed by atoms with Crippen LogP contribution in [0.2, 0.25) is 0 Å². The number of hydrogen-bond donors (Lipinski definition) is 2. The SMILES string of the molecule is CN=C(NCCc1c(F)cccc1F)NC1CCN(c2cccs2)CC1. The number of guanidine groups is 1. The van der Waals surface area contributed by atoms with E-state index in [1.807, 2.05) is 0 Å². The Hall–Kier alpha value is -2.15. The van der Waals surface area contributed by atoms with E-state index in [0.717, 1.165) is 25.9 Å². The highest BCUT2D eigenvalue weighted by Crippen LogP contribution is 2.24. The molecule has 26 heavy (non-hydrogen) atoms. The predicted octanol–water partition coefficient (Wildman–Crippen LogP) is 3.40. The van der Waals surface area contributed by atoms with Gasteiger partial charge in [0.15, 0.2) is 5.96 Å². The smallest absolute Gasteiger partial charge is 0.191 e. The number of rotatable bonds is 5. The minimum atomic E-state index is -0.504. The third-order valence-electron chi connectivity index (χ3n) is 4.61. The van der Waals surface area contributed by atoms with Gasteiger partial charge in [0.1, 0.15) is 11.6 Å². The van der Waals surface area contributed by atoms with Gasteiger partial charge < -0.3 is 15.5 Å². The molecule has 3 rings (SSSR count). The lowest BCUT2D eigenvalue weighted by atomic mass is 10.1. The highest BCUT2D eigenvalue weighted by Gasteiger charge is 2.20. The molecule has 0 amide bonds. The molecule has 0 bridgehead atoms. The number of nitrogens with zero attached hydrogens (tertiary/aromatic N) is 2. The second-order valence-corrected chi connectivity index (χ2v) is 7.23. The molecular weight excluding hydrogens is 354 g/mol. The van der Waals surface area contributed by atoms with Crippen LogP contribution in [0.15, 0.2) is 40.7 Å². The van der Waals surface area contributed by atoms with Gasteiger partial charge in [0.25, 0.3) is 0 Å². The van der Waals surface area contributed by atoms with E-state index >= 15 is 0 Å². The maximum atomic E-state index is 13.7. The summed E-state index contributed by atoms with van der Waals surface area (Å²) in [4.78, 5) is 6.63. The summed E-state index contributed by atoms with van der Waals surface area (Å²) in [6.45, 7) is 2.44. The van der Waals surface area contributed by atoms with E-state index in [9.17, 15) is 8.78 Å². The van der Waals surface area contributed by atoms with Crippen molar-refractivity contribution in [2.75, 3.05) is 31.6 Å². The van der Waals surface area contributed by atoms with E-state index in [-0.39, 0.29) is 12.0 Å². The molecule has 0 spiro atoms. The fourth-order valence-corrected chi connectivity index (χ4v) is 3.94. The molecule has 2 N–H and O–H groups in total. The predicted molar refractivity (Wildman–Crippen MR) is 104 cm³/mol. The van der Waals surface area contributed by atoms with Crippen molar-refractivity contribution < 1.29 is 8.78 Å². The van der Waals surface area contributed by atoms with Crippen LogP contribution in [0.4, 0.5) is 13.8 Å². The summed E-state index contributed by atoms with van der Waals surface area (Å²) < 4.78 is 27.3. The highest BCUT2D eigenvalue weighted by molar-refractivity contribution is 7.14. The Morgan fingerprint density at radius 2 is 1.92 bits per heavy atom. The molecule has 0 unspecified atom stereocenters. The molecule has 1 fully saturated rings. The Balaban J connectivity index is 1.44. The van der Waals surface area contributed by atoms with Crippen LogP contribution in [0.5, 0.6) is 0 Å². The van der Waals surface area contributed by atoms with Crippen LogP contribution >= 0.6 is 11.3 Å². The first-order valence-electron chi connectivity index (χ1n) is 8.86. The van der Waals surface area contributed by atoms with E-state index in [2.05, 4.69) is 38.0 Å². The molecular formula is C19H24F2N4S. The van der Waals surface area contributed by atoms with Crippen molar-refractivity contribution in [1.29, 1.82) is 0 Å². The minimum absolute atomic E-state index is 0.111. The van der Waals surface area contributed by atoms with Crippen molar-refractivity contribution >= 4 is 22.3 Å². The van der Waals surface area contributed by atoms with Crippen LogP contribution in [0.3, 0.4) is 0 Å². The van der Waals surface area contributed by atoms with Crippen molar-refractivity contribution in [1.82, 2.24) is 10.6 Å². The molecule has 1 aliphatic heterocycles. The topological polar surface area (TPSA) is 39.7 Å². The Morgan fingerprint density at radius 1 is 1.19 bits per heavy atom. The molecule has 2 heterocycles. The Bertz CT molecular complexity index is 705. The molecule has 0 atom stereocenters. The standard InChI is InChI=1S/C19H24F2N4S/c1-22-19(23-10-7-15-16(20)4-2-5-17(15)21)24-14-8-11-25(12-9-14)18-6-3-13-26-18/h2-6,13-14H,7-12H2,1H3,(H2,22,23,24). The number of nitrogens with one attached hydrogen (secondary N) is 2. The molecule has 4 nitrogen and oxygen atoms in total. The van der Waals surface area contributed by atoms with Crippen molar-refractivity contribution in [3.8, 4) is 0 Å². The van der Waals surface area contributed by atoms with Crippen LogP contribution < -0.4 is 15.5 Å². The van der Waals surface area contributed by atoms with Gasteiger partial charge in [0.2, 0.25) is 0 Å². The van der Waals surface area contributed by atoms with Crippen molar-refractivity contribution in [2.45, 2.75) is 25.3 Å². The number of benzene rings is 1.